The molecule has 0 aliphatic carbocycles. The van der Waals surface area contributed by atoms with Crippen LogP contribution in [0.4, 0.5) is 0 Å². The highest BCUT2D eigenvalue weighted by atomic mass is 16.3. The van der Waals surface area contributed by atoms with Gasteiger partial charge in [-0.1, -0.05) is 26.0 Å². The molecule has 2 heteroatoms. The Kier molecular flexibility index (Phi) is 5.16. The van der Waals surface area contributed by atoms with Crippen molar-refractivity contribution in [3.63, 3.8) is 0 Å². The van der Waals surface area contributed by atoms with Crippen molar-refractivity contribution in [3.05, 3.63) is 12.2 Å². The van der Waals surface area contributed by atoms with Gasteiger partial charge in [0.2, 0.25) is 0 Å². The van der Waals surface area contributed by atoms with Gasteiger partial charge in [0.15, 0.2) is 0 Å². The number of aliphatic hydroxyl groups excluding tert-OH is 2. The fourth-order valence-electron chi connectivity index (χ4n) is 0.972. The second-order valence-corrected chi connectivity index (χ2v) is 2.85. The fraction of sp³-hybridized carbons (Fsp3) is 0.778. The summed E-state index contributed by atoms with van der Waals surface area (Å²) in [5.74, 6) is -0.0730. The Labute approximate surface area is 68.6 Å². The zero-order valence-electron chi connectivity index (χ0n) is 7.49. The summed E-state index contributed by atoms with van der Waals surface area (Å²) in [6.07, 6.45) is 3.26. The topological polar surface area (TPSA) is 40.5 Å². The van der Waals surface area contributed by atoms with Crippen molar-refractivity contribution in [1.82, 2.24) is 0 Å². The van der Waals surface area contributed by atoms with Gasteiger partial charge in [0.05, 0.1) is 12.2 Å². The van der Waals surface area contributed by atoms with E-state index in [1.54, 1.807) is 12.2 Å². The van der Waals surface area contributed by atoms with Crippen LogP contribution in [0.15, 0.2) is 12.2 Å². The van der Waals surface area contributed by atoms with Crippen molar-refractivity contribution in [2.24, 2.45) is 5.92 Å². The van der Waals surface area contributed by atoms with Gasteiger partial charge in [-0.2, -0.15) is 0 Å². The van der Waals surface area contributed by atoms with Crippen LogP contribution < -0.4 is 0 Å². The minimum Gasteiger partial charge on any atom is -0.393 e. The predicted octanol–water partition coefficient (Wildman–Crippen LogP) is 1.33. The molecule has 0 rings (SSSR count). The number of rotatable bonds is 4. The smallest absolute Gasteiger partial charge is 0.0770 e. The Balaban J connectivity index is 3.90. The largest absolute Gasteiger partial charge is 0.393 e. The molecule has 0 fully saturated rings. The summed E-state index contributed by atoms with van der Waals surface area (Å²) in [5.41, 5.74) is 0. The Bertz CT molecular complexity index is 121. The average Bonchev–Trinajstić information content (AvgIpc) is 2.02. The molecule has 0 aromatic rings. The van der Waals surface area contributed by atoms with Crippen molar-refractivity contribution in [2.75, 3.05) is 0 Å². The van der Waals surface area contributed by atoms with Crippen LogP contribution in [0.2, 0.25) is 0 Å². The third-order valence-electron chi connectivity index (χ3n) is 1.95. The summed E-state index contributed by atoms with van der Waals surface area (Å²) in [4.78, 5) is 0. The van der Waals surface area contributed by atoms with Crippen LogP contribution >= 0.6 is 0 Å². The molecule has 0 aliphatic rings. The summed E-state index contributed by atoms with van der Waals surface area (Å²) in [5, 5.41) is 18.7. The Morgan fingerprint density at radius 2 is 1.91 bits per heavy atom. The molecule has 2 N–H and O–H groups in total. The van der Waals surface area contributed by atoms with Crippen molar-refractivity contribution in [3.8, 4) is 0 Å². The van der Waals surface area contributed by atoms with E-state index in [1.807, 2.05) is 20.8 Å². The maximum Gasteiger partial charge on any atom is 0.0770 e. The first kappa shape index (κ1) is 10.7. The van der Waals surface area contributed by atoms with E-state index in [1.165, 1.54) is 0 Å². The van der Waals surface area contributed by atoms with Crippen LogP contribution in [-0.2, 0) is 0 Å². The second kappa shape index (κ2) is 5.33. The van der Waals surface area contributed by atoms with Gasteiger partial charge in [0.25, 0.3) is 0 Å². The van der Waals surface area contributed by atoms with E-state index < -0.39 is 12.2 Å². The molecule has 0 bridgehead atoms. The first-order valence-corrected chi connectivity index (χ1v) is 4.12. The molecule has 3 unspecified atom stereocenters. The lowest BCUT2D eigenvalue weighted by Gasteiger charge is -2.20. The highest BCUT2D eigenvalue weighted by molar-refractivity contribution is 4.90. The number of hydrogen-bond donors (Lipinski definition) is 2. The van der Waals surface area contributed by atoms with Crippen LogP contribution in [0.3, 0.4) is 0 Å². The van der Waals surface area contributed by atoms with Gasteiger partial charge in [0.1, 0.15) is 0 Å². The summed E-state index contributed by atoms with van der Waals surface area (Å²) in [7, 11) is 0. The van der Waals surface area contributed by atoms with Crippen LogP contribution in [-0.4, -0.2) is 22.4 Å². The number of allylic oxidation sites excluding steroid dienone is 1. The molecule has 0 saturated heterocycles. The molecular formula is C9H18O2. The van der Waals surface area contributed by atoms with Gasteiger partial charge >= 0.3 is 0 Å². The monoisotopic (exact) mass is 158 g/mol. The maximum atomic E-state index is 9.37. The summed E-state index contributed by atoms with van der Waals surface area (Å²) < 4.78 is 0. The lowest BCUT2D eigenvalue weighted by Crippen LogP contribution is -2.27. The lowest BCUT2D eigenvalue weighted by atomic mass is 9.96. The molecule has 0 heterocycles. The molecule has 66 valence electrons. The van der Waals surface area contributed by atoms with E-state index in [9.17, 15) is 10.2 Å². The molecule has 3 atom stereocenters. The minimum atomic E-state index is -0.519. The molecule has 11 heavy (non-hydrogen) atoms. The molecular weight excluding hydrogens is 140 g/mol. The van der Waals surface area contributed by atoms with Gasteiger partial charge in [-0.25, -0.2) is 0 Å². The van der Waals surface area contributed by atoms with Crippen molar-refractivity contribution >= 4 is 0 Å². The minimum absolute atomic E-state index is 0.0730. The summed E-state index contributed by atoms with van der Waals surface area (Å²) >= 11 is 0. The third kappa shape index (κ3) is 3.54. The van der Waals surface area contributed by atoms with E-state index in [0.717, 1.165) is 0 Å². The van der Waals surface area contributed by atoms with E-state index in [4.69, 9.17) is 0 Å². The summed E-state index contributed by atoms with van der Waals surface area (Å²) in [6, 6.07) is 0. The molecule has 2 nitrogen and oxygen atoms in total. The van der Waals surface area contributed by atoms with Gasteiger partial charge in [-0.15, -0.1) is 0 Å². The zero-order valence-corrected chi connectivity index (χ0v) is 7.49. The van der Waals surface area contributed by atoms with Gasteiger partial charge in [-0.3, -0.25) is 0 Å². The predicted molar refractivity (Wildman–Crippen MR) is 46.3 cm³/mol. The number of aliphatic hydroxyl groups is 2. The molecule has 0 aliphatic heterocycles. The third-order valence-corrected chi connectivity index (χ3v) is 1.95. The van der Waals surface area contributed by atoms with Gasteiger partial charge < -0.3 is 10.2 Å². The first-order chi connectivity index (χ1) is 5.13. The van der Waals surface area contributed by atoms with Crippen molar-refractivity contribution < 1.29 is 10.2 Å². The van der Waals surface area contributed by atoms with Gasteiger partial charge in [-0.05, 0) is 13.3 Å². The fourth-order valence-corrected chi connectivity index (χ4v) is 0.972. The van der Waals surface area contributed by atoms with Crippen LogP contribution in [0.1, 0.15) is 27.2 Å². The maximum absolute atomic E-state index is 9.37. The second-order valence-electron chi connectivity index (χ2n) is 2.85. The normalized spacial score (nSPS) is 20.1. The van der Waals surface area contributed by atoms with E-state index in [2.05, 4.69) is 0 Å². The average molecular weight is 158 g/mol. The molecule has 0 amide bonds. The van der Waals surface area contributed by atoms with Crippen LogP contribution in [0.5, 0.6) is 0 Å². The van der Waals surface area contributed by atoms with Crippen molar-refractivity contribution in [1.29, 1.82) is 0 Å². The standard InChI is InChI=1S/C9H18O2/c1-4-6-9(11)7(3)8(10)5-2/h4,6-11H,5H2,1-3H3. The molecule has 0 radical (unpaired) electrons. The van der Waals surface area contributed by atoms with Crippen LogP contribution in [0, 0.1) is 5.92 Å². The SMILES string of the molecule is CC=CC(O)C(C)C(O)CC. The van der Waals surface area contributed by atoms with Gasteiger partial charge in [0, 0.05) is 5.92 Å². The van der Waals surface area contributed by atoms with E-state index >= 15 is 0 Å². The van der Waals surface area contributed by atoms with Crippen LogP contribution in [0.25, 0.3) is 0 Å². The summed E-state index contributed by atoms with van der Waals surface area (Å²) in [6.45, 7) is 5.61. The lowest BCUT2D eigenvalue weighted by molar-refractivity contribution is 0.0429. The highest BCUT2D eigenvalue weighted by Gasteiger charge is 2.17. The van der Waals surface area contributed by atoms with E-state index in [-0.39, 0.29) is 5.92 Å². The Morgan fingerprint density at radius 1 is 1.36 bits per heavy atom. The van der Waals surface area contributed by atoms with Crippen molar-refractivity contribution in [2.45, 2.75) is 39.4 Å². The Hall–Kier alpha value is -0.340. The highest BCUT2D eigenvalue weighted by Crippen LogP contribution is 2.12. The molecule has 0 spiro atoms. The number of hydrogen-bond acceptors (Lipinski definition) is 2. The quantitative estimate of drug-likeness (QED) is 0.606. The van der Waals surface area contributed by atoms with E-state index in [0.29, 0.717) is 6.42 Å². The molecule has 0 aromatic carbocycles. The molecule has 0 saturated carbocycles. The zero-order chi connectivity index (χ0) is 8.85. The molecule has 0 aromatic heterocycles. The first-order valence-electron chi connectivity index (χ1n) is 4.12. The Morgan fingerprint density at radius 3 is 2.27 bits per heavy atom.